The molecule has 1 atom stereocenters. The zero-order valence-corrected chi connectivity index (χ0v) is 31.7. The third-order valence-corrected chi connectivity index (χ3v) is 13.2. The van der Waals surface area contributed by atoms with Gasteiger partial charge < -0.3 is 4.90 Å². The maximum atomic E-state index is 2.45. The largest absolute Gasteiger partial charge is 0.310 e. The minimum Gasteiger partial charge on any atom is -0.310 e. The summed E-state index contributed by atoms with van der Waals surface area (Å²) in [5.41, 5.74) is 16.0. The summed E-state index contributed by atoms with van der Waals surface area (Å²) >= 11 is 0. The van der Waals surface area contributed by atoms with E-state index in [2.05, 4.69) is 217 Å². The van der Waals surface area contributed by atoms with E-state index in [1.165, 1.54) is 98.7 Å². The SMILES string of the molecule is c1ccc(-c2ccc(N(c3ccccc3)c3cccc(-c4cccc5c4-c4ccccc4C54c5cccc6c7cccc8ccc9ccc4c(c56)c9c87)c3)cc2)cc1. The van der Waals surface area contributed by atoms with Gasteiger partial charge in [-0.25, -0.2) is 0 Å². The molecule has 58 heavy (non-hydrogen) atoms. The smallest absolute Gasteiger partial charge is 0.0726 e. The third kappa shape index (κ3) is 4.10. The van der Waals surface area contributed by atoms with E-state index >= 15 is 0 Å². The van der Waals surface area contributed by atoms with Crippen LogP contribution in [-0.4, -0.2) is 0 Å². The lowest BCUT2D eigenvalue weighted by Gasteiger charge is -2.31. The molecule has 0 fully saturated rings. The average Bonchev–Trinajstić information content (AvgIpc) is 3.77. The summed E-state index contributed by atoms with van der Waals surface area (Å²) in [6.07, 6.45) is 0. The van der Waals surface area contributed by atoms with Crippen LogP contribution in [0.1, 0.15) is 22.3 Å². The van der Waals surface area contributed by atoms with Crippen molar-refractivity contribution in [1.29, 1.82) is 0 Å². The van der Waals surface area contributed by atoms with Crippen molar-refractivity contribution in [3.8, 4) is 33.4 Å². The van der Waals surface area contributed by atoms with E-state index in [0.29, 0.717) is 0 Å². The van der Waals surface area contributed by atoms with Crippen molar-refractivity contribution >= 4 is 60.2 Å². The Bertz CT molecular complexity index is 3440. The zero-order chi connectivity index (χ0) is 38.0. The summed E-state index contributed by atoms with van der Waals surface area (Å²) in [7, 11) is 0. The summed E-state index contributed by atoms with van der Waals surface area (Å²) in [5.74, 6) is 0. The topological polar surface area (TPSA) is 3.24 Å². The Kier molecular flexibility index (Phi) is 6.43. The maximum Gasteiger partial charge on any atom is 0.0726 e. The fraction of sp³-hybridized carbons (Fsp3) is 0.0175. The molecule has 0 N–H and O–H groups in total. The van der Waals surface area contributed by atoms with Crippen molar-refractivity contribution in [3.63, 3.8) is 0 Å². The van der Waals surface area contributed by atoms with Gasteiger partial charge in [0, 0.05) is 17.1 Å². The summed E-state index contributed by atoms with van der Waals surface area (Å²) in [6, 6.07) is 79.0. The molecule has 268 valence electrons. The molecule has 0 saturated heterocycles. The van der Waals surface area contributed by atoms with Gasteiger partial charge in [-0.2, -0.15) is 0 Å². The summed E-state index contributed by atoms with van der Waals surface area (Å²) in [5, 5.41) is 10.9. The van der Waals surface area contributed by atoms with Crippen molar-refractivity contribution in [2.75, 3.05) is 4.90 Å². The fourth-order valence-electron chi connectivity index (χ4n) is 10.9. The quantitative estimate of drug-likeness (QED) is 0.126. The van der Waals surface area contributed by atoms with Crippen LogP contribution in [0.3, 0.4) is 0 Å². The van der Waals surface area contributed by atoms with Gasteiger partial charge in [0.2, 0.25) is 0 Å². The van der Waals surface area contributed by atoms with Crippen LogP contribution < -0.4 is 4.90 Å². The maximum absolute atomic E-state index is 2.45. The number of para-hydroxylation sites is 1. The Labute approximate surface area is 337 Å². The first kappa shape index (κ1) is 31.7. The number of hydrogen-bond donors (Lipinski definition) is 0. The molecule has 11 aromatic carbocycles. The molecule has 0 bridgehead atoms. The Balaban J connectivity index is 1.04. The number of anilines is 3. The first-order chi connectivity index (χ1) is 28.8. The predicted molar refractivity (Wildman–Crippen MR) is 244 cm³/mol. The normalized spacial score (nSPS) is 15.0. The molecule has 1 nitrogen and oxygen atoms in total. The van der Waals surface area contributed by atoms with E-state index in [1.807, 2.05) is 0 Å². The molecule has 1 heteroatoms. The van der Waals surface area contributed by atoms with Crippen molar-refractivity contribution < 1.29 is 0 Å². The minimum atomic E-state index is -0.435. The standard InChI is InChI=1S/C57H35N/c1-3-13-36(14-4-1)37-29-32-42(33-30-37)58(41-17-5-2-6-18-41)43-19-9-16-40(35-43)44-21-11-25-49-54(44)47-20-7-8-24-48(47)57(49)50-26-12-23-46-45-22-10-15-38-27-28-39-31-34-51(57)56(55(46)50)53(39)52(38)45/h1-35H. The molecule has 1 unspecified atom stereocenters. The highest BCUT2D eigenvalue weighted by molar-refractivity contribution is 6.36. The fourth-order valence-corrected chi connectivity index (χ4v) is 10.9. The van der Waals surface area contributed by atoms with Gasteiger partial charge in [-0.05, 0) is 135 Å². The third-order valence-electron chi connectivity index (χ3n) is 13.2. The molecule has 0 heterocycles. The van der Waals surface area contributed by atoms with Gasteiger partial charge >= 0.3 is 0 Å². The van der Waals surface area contributed by atoms with Crippen LogP contribution in [0.5, 0.6) is 0 Å². The van der Waals surface area contributed by atoms with E-state index in [-0.39, 0.29) is 0 Å². The van der Waals surface area contributed by atoms with E-state index in [1.54, 1.807) is 0 Å². The van der Waals surface area contributed by atoms with E-state index < -0.39 is 5.41 Å². The van der Waals surface area contributed by atoms with E-state index in [9.17, 15) is 0 Å². The second kappa shape index (κ2) is 11.8. The molecule has 2 aliphatic rings. The molecule has 0 aromatic heterocycles. The summed E-state index contributed by atoms with van der Waals surface area (Å²) in [4.78, 5) is 2.38. The zero-order valence-electron chi connectivity index (χ0n) is 31.7. The van der Waals surface area contributed by atoms with Crippen LogP contribution in [0.2, 0.25) is 0 Å². The Morgan fingerprint density at radius 1 is 0.293 bits per heavy atom. The second-order valence-corrected chi connectivity index (χ2v) is 15.9. The summed E-state index contributed by atoms with van der Waals surface area (Å²) < 4.78 is 0. The van der Waals surface area contributed by atoms with Crippen LogP contribution >= 0.6 is 0 Å². The van der Waals surface area contributed by atoms with Gasteiger partial charge in [-0.1, -0.05) is 176 Å². The van der Waals surface area contributed by atoms with Gasteiger partial charge in [0.05, 0.1) is 5.41 Å². The molecule has 2 aliphatic carbocycles. The Hall–Kier alpha value is -7.48. The highest BCUT2D eigenvalue weighted by atomic mass is 15.1. The van der Waals surface area contributed by atoms with E-state index in [4.69, 9.17) is 0 Å². The van der Waals surface area contributed by atoms with Crippen LogP contribution in [0.4, 0.5) is 17.1 Å². The minimum absolute atomic E-state index is 0.435. The van der Waals surface area contributed by atoms with Crippen molar-refractivity contribution in [2.45, 2.75) is 5.41 Å². The molecule has 1 spiro atoms. The molecule has 0 saturated carbocycles. The Morgan fingerprint density at radius 2 is 0.845 bits per heavy atom. The lowest BCUT2D eigenvalue weighted by atomic mass is 9.70. The van der Waals surface area contributed by atoms with Gasteiger partial charge in [0.1, 0.15) is 0 Å². The molecule has 13 rings (SSSR count). The van der Waals surface area contributed by atoms with Crippen LogP contribution in [-0.2, 0) is 5.41 Å². The lowest BCUT2D eigenvalue weighted by molar-refractivity contribution is 0.797. The van der Waals surface area contributed by atoms with Gasteiger partial charge in [0.15, 0.2) is 0 Å². The van der Waals surface area contributed by atoms with Crippen LogP contribution in [0.15, 0.2) is 212 Å². The highest BCUT2D eigenvalue weighted by Crippen LogP contribution is 2.65. The molecular formula is C57H35N. The van der Waals surface area contributed by atoms with Crippen LogP contribution in [0.25, 0.3) is 76.5 Å². The molecular weight excluding hydrogens is 699 g/mol. The van der Waals surface area contributed by atoms with Crippen molar-refractivity contribution in [1.82, 2.24) is 0 Å². The number of hydrogen-bond acceptors (Lipinski definition) is 1. The van der Waals surface area contributed by atoms with Crippen molar-refractivity contribution in [3.05, 3.63) is 235 Å². The lowest BCUT2D eigenvalue weighted by Crippen LogP contribution is -2.26. The van der Waals surface area contributed by atoms with E-state index in [0.717, 1.165) is 17.1 Å². The molecule has 0 aliphatic heterocycles. The number of benzene rings is 11. The number of nitrogens with zero attached hydrogens (tertiary/aromatic N) is 1. The van der Waals surface area contributed by atoms with Gasteiger partial charge in [0.25, 0.3) is 0 Å². The first-order valence-electron chi connectivity index (χ1n) is 20.3. The monoisotopic (exact) mass is 733 g/mol. The molecule has 0 radical (unpaired) electrons. The molecule has 0 amide bonds. The average molecular weight is 734 g/mol. The Morgan fingerprint density at radius 3 is 1.69 bits per heavy atom. The van der Waals surface area contributed by atoms with Gasteiger partial charge in [-0.15, -0.1) is 0 Å². The van der Waals surface area contributed by atoms with Gasteiger partial charge in [-0.3, -0.25) is 0 Å². The first-order valence-corrected chi connectivity index (χ1v) is 20.3. The number of rotatable bonds is 5. The molecule has 11 aromatic rings. The van der Waals surface area contributed by atoms with Crippen molar-refractivity contribution in [2.24, 2.45) is 0 Å². The predicted octanol–water partition coefficient (Wildman–Crippen LogP) is 15.2. The van der Waals surface area contributed by atoms with Crippen LogP contribution in [0, 0.1) is 0 Å². The number of fused-ring (bicyclic) bond motifs is 8. The highest BCUT2D eigenvalue weighted by Gasteiger charge is 2.51. The summed E-state index contributed by atoms with van der Waals surface area (Å²) in [6.45, 7) is 0. The second-order valence-electron chi connectivity index (χ2n) is 15.9.